The number of methoxy groups -OCH3 is 1. The van der Waals surface area contributed by atoms with E-state index >= 15 is 0 Å². The zero-order valence-electron chi connectivity index (χ0n) is 12.6. The molecular formula is C16H17NO5S. The molecule has 6 nitrogen and oxygen atoms in total. The monoisotopic (exact) mass is 335 g/mol. The van der Waals surface area contributed by atoms with E-state index in [0.29, 0.717) is 17.0 Å². The van der Waals surface area contributed by atoms with E-state index < -0.39 is 16.0 Å². The van der Waals surface area contributed by atoms with E-state index in [-0.39, 0.29) is 12.4 Å². The minimum atomic E-state index is -3.53. The number of anilines is 1. The zero-order valence-corrected chi connectivity index (χ0v) is 13.4. The molecule has 0 spiro atoms. The molecule has 0 atom stereocenters. The fourth-order valence-electron chi connectivity index (χ4n) is 1.81. The van der Waals surface area contributed by atoms with Crippen LogP contribution in [0.4, 0.5) is 5.69 Å². The van der Waals surface area contributed by atoms with Gasteiger partial charge < -0.3 is 9.47 Å². The Kier molecular flexibility index (Phi) is 5.59. The zero-order chi connectivity index (χ0) is 16.7. The molecule has 7 heteroatoms. The van der Waals surface area contributed by atoms with Gasteiger partial charge in [-0.15, -0.1) is 0 Å². The highest BCUT2D eigenvalue weighted by atomic mass is 32.2. The van der Waals surface area contributed by atoms with Gasteiger partial charge in [-0.25, -0.2) is 13.2 Å². The van der Waals surface area contributed by atoms with E-state index in [1.807, 2.05) is 18.2 Å². The van der Waals surface area contributed by atoms with Crippen molar-refractivity contribution < 1.29 is 22.7 Å². The quantitative estimate of drug-likeness (QED) is 0.785. The Bertz CT molecular complexity index is 742. The lowest BCUT2D eigenvalue weighted by Crippen LogP contribution is -2.21. The second-order valence-corrected chi connectivity index (χ2v) is 6.49. The van der Waals surface area contributed by atoms with Crippen molar-refractivity contribution in [3.63, 3.8) is 0 Å². The van der Waals surface area contributed by atoms with Crippen LogP contribution >= 0.6 is 0 Å². The van der Waals surface area contributed by atoms with Crippen molar-refractivity contribution in [3.8, 4) is 5.75 Å². The van der Waals surface area contributed by atoms with Crippen molar-refractivity contribution in [1.29, 1.82) is 0 Å². The molecule has 0 radical (unpaired) electrons. The first kappa shape index (κ1) is 16.8. The predicted molar refractivity (Wildman–Crippen MR) is 87.1 cm³/mol. The standard InChI is InChI=1S/C16H17NO5S/c1-21-16(18)13-7-9-14(10-8-13)17-23(19,20)12-11-22-15-5-3-2-4-6-15/h2-10,17H,11-12H2,1H3. The molecule has 122 valence electrons. The van der Waals surface area contributed by atoms with Gasteiger partial charge in [-0.3, -0.25) is 4.72 Å². The van der Waals surface area contributed by atoms with Crippen LogP contribution in [0.15, 0.2) is 54.6 Å². The Balaban J connectivity index is 1.89. The van der Waals surface area contributed by atoms with Gasteiger partial charge in [0.2, 0.25) is 10.0 Å². The van der Waals surface area contributed by atoms with Crippen LogP contribution in [0.2, 0.25) is 0 Å². The van der Waals surface area contributed by atoms with Crippen LogP contribution in [0.25, 0.3) is 0 Å². The molecule has 2 aromatic rings. The lowest BCUT2D eigenvalue weighted by atomic mass is 10.2. The number of sulfonamides is 1. The van der Waals surface area contributed by atoms with Crippen molar-refractivity contribution >= 4 is 21.7 Å². The largest absolute Gasteiger partial charge is 0.492 e. The van der Waals surface area contributed by atoms with Gasteiger partial charge >= 0.3 is 5.97 Å². The fraction of sp³-hybridized carbons (Fsp3) is 0.188. The van der Waals surface area contributed by atoms with Crippen LogP contribution in [-0.2, 0) is 14.8 Å². The molecular weight excluding hydrogens is 318 g/mol. The Labute approximate surface area is 135 Å². The molecule has 2 rings (SSSR count). The molecule has 1 N–H and O–H groups in total. The number of benzene rings is 2. The predicted octanol–water partition coefficient (Wildman–Crippen LogP) is 2.29. The summed E-state index contributed by atoms with van der Waals surface area (Å²) in [6.45, 7) is 0.0413. The highest BCUT2D eigenvalue weighted by Crippen LogP contribution is 2.13. The molecule has 0 unspecified atom stereocenters. The third kappa shape index (κ3) is 5.30. The topological polar surface area (TPSA) is 81.7 Å². The maximum absolute atomic E-state index is 12.0. The van der Waals surface area contributed by atoms with E-state index in [1.165, 1.54) is 31.4 Å². The van der Waals surface area contributed by atoms with Gasteiger partial charge in [0.1, 0.15) is 18.1 Å². The number of carbonyl (C=O) groups excluding carboxylic acids is 1. The number of ether oxygens (including phenoxy) is 2. The minimum absolute atomic E-state index is 0.0413. The number of rotatable bonds is 7. The van der Waals surface area contributed by atoms with Crippen molar-refractivity contribution in [2.45, 2.75) is 0 Å². The normalized spacial score (nSPS) is 10.8. The molecule has 2 aromatic carbocycles. The molecule has 23 heavy (non-hydrogen) atoms. The van der Waals surface area contributed by atoms with Crippen LogP contribution in [0.1, 0.15) is 10.4 Å². The molecule has 0 bridgehead atoms. The van der Waals surface area contributed by atoms with E-state index in [1.54, 1.807) is 12.1 Å². The second-order valence-electron chi connectivity index (χ2n) is 4.65. The fourth-order valence-corrected chi connectivity index (χ4v) is 2.71. The summed E-state index contributed by atoms with van der Waals surface area (Å²) in [5.74, 6) is -0.0403. The Morgan fingerprint density at radius 2 is 1.70 bits per heavy atom. The summed E-state index contributed by atoms with van der Waals surface area (Å²) in [6.07, 6.45) is 0. The molecule has 0 heterocycles. The third-order valence-electron chi connectivity index (χ3n) is 2.94. The summed E-state index contributed by atoms with van der Waals surface area (Å²) in [4.78, 5) is 11.3. The van der Waals surface area contributed by atoms with Crippen molar-refractivity contribution in [2.75, 3.05) is 24.2 Å². The number of esters is 1. The molecule has 0 saturated heterocycles. The molecule has 0 aromatic heterocycles. The van der Waals surface area contributed by atoms with Gasteiger partial charge in [0.25, 0.3) is 0 Å². The van der Waals surface area contributed by atoms with Crippen LogP contribution in [0.5, 0.6) is 5.75 Å². The van der Waals surface area contributed by atoms with Gasteiger partial charge in [-0.2, -0.15) is 0 Å². The first-order valence-electron chi connectivity index (χ1n) is 6.87. The van der Waals surface area contributed by atoms with Crippen LogP contribution in [-0.4, -0.2) is 33.9 Å². The lowest BCUT2D eigenvalue weighted by Gasteiger charge is -2.09. The molecule has 0 aliphatic rings. The van der Waals surface area contributed by atoms with Gasteiger partial charge in [0.05, 0.1) is 12.7 Å². The molecule has 0 saturated carbocycles. The van der Waals surface area contributed by atoms with Crippen molar-refractivity contribution in [1.82, 2.24) is 0 Å². The number of para-hydroxylation sites is 1. The number of carbonyl (C=O) groups is 1. The second kappa shape index (κ2) is 7.64. The van der Waals surface area contributed by atoms with Crippen molar-refractivity contribution in [2.24, 2.45) is 0 Å². The Morgan fingerprint density at radius 3 is 2.30 bits per heavy atom. The third-order valence-corrected chi connectivity index (χ3v) is 4.19. The first-order valence-corrected chi connectivity index (χ1v) is 8.52. The summed E-state index contributed by atoms with van der Waals surface area (Å²) < 4.78 is 36.3. The van der Waals surface area contributed by atoms with Crippen LogP contribution in [0, 0.1) is 0 Å². The summed E-state index contributed by atoms with van der Waals surface area (Å²) in [5.41, 5.74) is 0.722. The molecule has 0 amide bonds. The summed E-state index contributed by atoms with van der Waals surface area (Å²) in [7, 11) is -2.25. The van der Waals surface area contributed by atoms with Gasteiger partial charge in [0, 0.05) is 5.69 Å². The molecule has 0 fully saturated rings. The maximum atomic E-state index is 12.0. The van der Waals surface area contributed by atoms with E-state index in [2.05, 4.69) is 9.46 Å². The van der Waals surface area contributed by atoms with E-state index in [0.717, 1.165) is 0 Å². The average molecular weight is 335 g/mol. The molecule has 0 aliphatic carbocycles. The Morgan fingerprint density at radius 1 is 1.04 bits per heavy atom. The van der Waals surface area contributed by atoms with E-state index in [9.17, 15) is 13.2 Å². The summed E-state index contributed by atoms with van der Waals surface area (Å²) >= 11 is 0. The Hall–Kier alpha value is -2.54. The molecule has 0 aliphatic heterocycles. The smallest absolute Gasteiger partial charge is 0.337 e. The van der Waals surface area contributed by atoms with Crippen LogP contribution in [0.3, 0.4) is 0 Å². The highest BCUT2D eigenvalue weighted by Gasteiger charge is 2.12. The number of hydrogen-bond acceptors (Lipinski definition) is 5. The number of nitrogens with one attached hydrogen (secondary N) is 1. The van der Waals surface area contributed by atoms with Gasteiger partial charge in [-0.05, 0) is 36.4 Å². The highest BCUT2D eigenvalue weighted by molar-refractivity contribution is 7.92. The first-order chi connectivity index (χ1) is 11.0. The van der Waals surface area contributed by atoms with Crippen molar-refractivity contribution in [3.05, 3.63) is 60.2 Å². The van der Waals surface area contributed by atoms with E-state index in [4.69, 9.17) is 4.74 Å². The van der Waals surface area contributed by atoms with Gasteiger partial charge in [0.15, 0.2) is 0 Å². The SMILES string of the molecule is COC(=O)c1ccc(NS(=O)(=O)CCOc2ccccc2)cc1. The minimum Gasteiger partial charge on any atom is -0.492 e. The summed E-state index contributed by atoms with van der Waals surface area (Å²) in [5, 5.41) is 0. The van der Waals surface area contributed by atoms with Crippen LogP contribution < -0.4 is 9.46 Å². The number of hydrogen-bond donors (Lipinski definition) is 1. The van der Waals surface area contributed by atoms with Gasteiger partial charge in [-0.1, -0.05) is 18.2 Å². The average Bonchev–Trinajstić information content (AvgIpc) is 2.55. The lowest BCUT2D eigenvalue weighted by molar-refractivity contribution is 0.0601. The summed E-state index contributed by atoms with van der Waals surface area (Å²) in [6, 6.07) is 15.0. The maximum Gasteiger partial charge on any atom is 0.337 e.